The fourth-order valence-electron chi connectivity index (χ4n) is 3.09. The van der Waals surface area contributed by atoms with Crippen molar-refractivity contribution in [3.63, 3.8) is 0 Å². The van der Waals surface area contributed by atoms with E-state index in [1.165, 1.54) is 32.1 Å². The van der Waals surface area contributed by atoms with Gasteiger partial charge in [0.05, 0.1) is 0 Å². The molecule has 0 unspecified atom stereocenters. The van der Waals surface area contributed by atoms with Crippen LogP contribution in [0.15, 0.2) is 18.2 Å². The lowest BCUT2D eigenvalue weighted by Gasteiger charge is -2.28. The van der Waals surface area contributed by atoms with Gasteiger partial charge in [0.1, 0.15) is 5.82 Å². The molecule has 106 valence electrons. The van der Waals surface area contributed by atoms with Crippen LogP contribution >= 0.6 is 0 Å². The van der Waals surface area contributed by atoms with Crippen LogP contribution in [-0.4, -0.2) is 6.54 Å². The van der Waals surface area contributed by atoms with Crippen LogP contribution in [0.3, 0.4) is 0 Å². The zero-order valence-electron chi connectivity index (χ0n) is 12.2. The largest absolute Gasteiger partial charge is 0.312 e. The highest BCUT2D eigenvalue weighted by Crippen LogP contribution is 2.30. The maximum atomic E-state index is 13.6. The van der Waals surface area contributed by atoms with Crippen LogP contribution in [0.2, 0.25) is 0 Å². The number of halogens is 1. The lowest BCUT2D eigenvalue weighted by molar-refractivity contribution is 0.262. The topological polar surface area (TPSA) is 12.0 Å². The summed E-state index contributed by atoms with van der Waals surface area (Å²) in [4.78, 5) is 0. The van der Waals surface area contributed by atoms with Crippen LogP contribution in [0.5, 0.6) is 0 Å². The minimum atomic E-state index is -0.0900. The summed E-state index contributed by atoms with van der Waals surface area (Å²) in [6.07, 6.45) is 6.75. The molecule has 0 heterocycles. The molecule has 1 aliphatic rings. The zero-order chi connectivity index (χ0) is 13.7. The normalized spacial score (nSPS) is 23.5. The van der Waals surface area contributed by atoms with Crippen molar-refractivity contribution in [3.8, 4) is 0 Å². The SMILES string of the molecule is CCC1CCC(CNCc2cc(C)ccc2F)CC1. The number of nitrogens with one attached hydrogen (secondary N) is 1. The smallest absolute Gasteiger partial charge is 0.127 e. The van der Waals surface area contributed by atoms with Crippen LogP contribution in [0.4, 0.5) is 4.39 Å². The molecular formula is C17H26FN. The Morgan fingerprint density at radius 2 is 1.84 bits per heavy atom. The minimum absolute atomic E-state index is 0.0900. The molecule has 1 nitrogen and oxygen atoms in total. The molecule has 2 rings (SSSR count). The van der Waals surface area contributed by atoms with Gasteiger partial charge >= 0.3 is 0 Å². The number of rotatable bonds is 5. The summed E-state index contributed by atoms with van der Waals surface area (Å²) in [7, 11) is 0. The van der Waals surface area contributed by atoms with E-state index in [4.69, 9.17) is 0 Å². The lowest BCUT2D eigenvalue weighted by Crippen LogP contribution is -2.26. The first-order chi connectivity index (χ1) is 9.19. The maximum absolute atomic E-state index is 13.6. The van der Waals surface area contributed by atoms with Gasteiger partial charge in [-0.25, -0.2) is 4.39 Å². The van der Waals surface area contributed by atoms with Crippen molar-refractivity contribution < 1.29 is 4.39 Å². The van der Waals surface area contributed by atoms with E-state index in [0.29, 0.717) is 6.54 Å². The molecule has 1 aromatic rings. The first-order valence-corrected chi connectivity index (χ1v) is 7.64. The predicted molar refractivity (Wildman–Crippen MR) is 78.6 cm³/mol. The van der Waals surface area contributed by atoms with Gasteiger partial charge in [0.25, 0.3) is 0 Å². The summed E-state index contributed by atoms with van der Waals surface area (Å²) >= 11 is 0. The summed E-state index contributed by atoms with van der Waals surface area (Å²) in [5.74, 6) is 1.65. The van der Waals surface area contributed by atoms with Crippen LogP contribution in [0, 0.1) is 24.6 Å². The highest BCUT2D eigenvalue weighted by Gasteiger charge is 2.19. The van der Waals surface area contributed by atoms with E-state index in [-0.39, 0.29) is 5.82 Å². The molecule has 0 bridgehead atoms. The molecule has 0 atom stereocenters. The molecule has 1 aliphatic carbocycles. The van der Waals surface area contributed by atoms with Gasteiger partial charge in [-0.05, 0) is 44.2 Å². The molecule has 1 fully saturated rings. The average Bonchev–Trinajstić information content (AvgIpc) is 2.43. The molecule has 0 saturated heterocycles. The summed E-state index contributed by atoms with van der Waals surface area (Å²) < 4.78 is 13.6. The van der Waals surface area contributed by atoms with Gasteiger partial charge in [-0.2, -0.15) is 0 Å². The van der Waals surface area contributed by atoms with E-state index in [1.54, 1.807) is 6.07 Å². The molecule has 0 spiro atoms. The highest BCUT2D eigenvalue weighted by molar-refractivity contribution is 5.23. The maximum Gasteiger partial charge on any atom is 0.127 e. The van der Waals surface area contributed by atoms with Gasteiger partial charge in [0.15, 0.2) is 0 Å². The average molecular weight is 263 g/mol. The molecule has 0 radical (unpaired) electrons. The van der Waals surface area contributed by atoms with Crippen molar-refractivity contribution in [2.75, 3.05) is 6.54 Å². The molecular weight excluding hydrogens is 237 g/mol. The van der Waals surface area contributed by atoms with Gasteiger partial charge in [-0.15, -0.1) is 0 Å². The predicted octanol–water partition coefficient (Wildman–Crippen LogP) is 4.44. The number of hydrogen-bond acceptors (Lipinski definition) is 1. The summed E-state index contributed by atoms with van der Waals surface area (Å²) in [6, 6.07) is 5.33. The molecule has 1 aromatic carbocycles. The van der Waals surface area contributed by atoms with Gasteiger partial charge in [-0.1, -0.05) is 43.9 Å². The second kappa shape index (κ2) is 7.04. The van der Waals surface area contributed by atoms with Crippen molar-refractivity contribution in [1.29, 1.82) is 0 Å². The molecule has 0 amide bonds. The standard InChI is InChI=1S/C17H26FN/c1-3-14-5-7-15(8-6-14)11-19-12-16-10-13(2)4-9-17(16)18/h4,9-10,14-15,19H,3,5-8,11-12H2,1-2H3. The van der Waals surface area contributed by atoms with Crippen LogP contribution in [-0.2, 0) is 6.54 Å². The second-order valence-corrected chi connectivity index (χ2v) is 6.02. The van der Waals surface area contributed by atoms with Gasteiger partial charge in [-0.3, -0.25) is 0 Å². The second-order valence-electron chi connectivity index (χ2n) is 6.02. The number of benzene rings is 1. The van der Waals surface area contributed by atoms with E-state index < -0.39 is 0 Å². The quantitative estimate of drug-likeness (QED) is 0.828. The molecule has 19 heavy (non-hydrogen) atoms. The van der Waals surface area contributed by atoms with E-state index in [1.807, 2.05) is 19.1 Å². The third-order valence-corrected chi connectivity index (χ3v) is 4.49. The summed E-state index contributed by atoms with van der Waals surface area (Å²) in [5.41, 5.74) is 1.92. The Kier molecular flexibility index (Phi) is 5.38. The molecule has 2 heteroatoms. The lowest BCUT2D eigenvalue weighted by atomic mass is 9.81. The van der Waals surface area contributed by atoms with Gasteiger partial charge in [0, 0.05) is 12.1 Å². The Labute approximate surface area is 116 Å². The fraction of sp³-hybridized carbons (Fsp3) is 0.647. The van der Waals surface area contributed by atoms with Gasteiger partial charge in [0.2, 0.25) is 0 Å². The fourth-order valence-corrected chi connectivity index (χ4v) is 3.09. The Balaban J connectivity index is 1.73. The molecule has 0 aromatic heterocycles. The monoisotopic (exact) mass is 263 g/mol. The van der Waals surface area contributed by atoms with E-state index in [2.05, 4.69) is 12.2 Å². The summed E-state index contributed by atoms with van der Waals surface area (Å²) in [5, 5.41) is 3.43. The van der Waals surface area contributed by atoms with E-state index in [9.17, 15) is 4.39 Å². The number of hydrogen-bond donors (Lipinski definition) is 1. The number of aryl methyl sites for hydroxylation is 1. The third-order valence-electron chi connectivity index (χ3n) is 4.49. The Morgan fingerprint density at radius 1 is 1.16 bits per heavy atom. The first-order valence-electron chi connectivity index (χ1n) is 7.64. The third kappa shape index (κ3) is 4.31. The molecule has 0 aliphatic heterocycles. The Bertz CT molecular complexity index is 394. The van der Waals surface area contributed by atoms with Crippen LogP contribution < -0.4 is 5.32 Å². The van der Waals surface area contributed by atoms with E-state index in [0.717, 1.165) is 29.5 Å². The van der Waals surface area contributed by atoms with E-state index >= 15 is 0 Å². The van der Waals surface area contributed by atoms with Crippen molar-refractivity contribution in [3.05, 3.63) is 35.1 Å². The zero-order valence-corrected chi connectivity index (χ0v) is 12.2. The van der Waals surface area contributed by atoms with Crippen molar-refractivity contribution >= 4 is 0 Å². The van der Waals surface area contributed by atoms with Crippen LogP contribution in [0.1, 0.15) is 50.2 Å². The summed E-state index contributed by atoms with van der Waals surface area (Å²) in [6.45, 7) is 5.99. The molecule has 1 saturated carbocycles. The highest BCUT2D eigenvalue weighted by atomic mass is 19.1. The van der Waals surface area contributed by atoms with Crippen molar-refractivity contribution in [1.82, 2.24) is 5.32 Å². The Morgan fingerprint density at radius 3 is 2.53 bits per heavy atom. The molecule has 1 N–H and O–H groups in total. The van der Waals surface area contributed by atoms with Crippen LogP contribution in [0.25, 0.3) is 0 Å². The Hall–Kier alpha value is -0.890. The van der Waals surface area contributed by atoms with Gasteiger partial charge < -0.3 is 5.32 Å². The minimum Gasteiger partial charge on any atom is -0.312 e. The first kappa shape index (κ1) is 14.5. The van der Waals surface area contributed by atoms with Crippen molar-refractivity contribution in [2.24, 2.45) is 11.8 Å². The van der Waals surface area contributed by atoms with Crippen molar-refractivity contribution in [2.45, 2.75) is 52.5 Å².